The molecule has 6 nitrogen and oxygen atoms in total. The first-order chi connectivity index (χ1) is 17.4. The van der Waals surface area contributed by atoms with Crippen molar-refractivity contribution in [1.82, 2.24) is 9.29 Å². The lowest BCUT2D eigenvalue weighted by Gasteiger charge is -2.20. The van der Waals surface area contributed by atoms with E-state index < -0.39 is 10.0 Å². The lowest BCUT2D eigenvalue weighted by molar-refractivity contribution is 0.102. The topological polar surface area (TPSA) is 79.4 Å². The molecule has 8 heteroatoms. The molecule has 4 aromatic rings. The van der Waals surface area contributed by atoms with Gasteiger partial charge in [0.25, 0.3) is 5.91 Å². The van der Waals surface area contributed by atoms with E-state index in [1.807, 2.05) is 49.6 Å². The maximum atomic E-state index is 12.9. The van der Waals surface area contributed by atoms with Crippen molar-refractivity contribution in [3.05, 3.63) is 89.8 Å². The highest BCUT2D eigenvalue weighted by Crippen LogP contribution is 2.28. The number of nitrogens with zero attached hydrogens (tertiary/aromatic N) is 2. The third-order valence-electron chi connectivity index (χ3n) is 5.88. The highest BCUT2D eigenvalue weighted by Gasteiger charge is 2.23. The average Bonchev–Trinajstić information content (AvgIpc) is 3.38. The predicted molar refractivity (Wildman–Crippen MR) is 147 cm³/mol. The quantitative estimate of drug-likeness (QED) is 0.258. The third kappa shape index (κ3) is 5.90. The van der Waals surface area contributed by atoms with Crippen molar-refractivity contribution >= 4 is 32.4 Å². The number of anilines is 1. The molecule has 1 aromatic heterocycles. The number of aromatic nitrogens is 1. The first-order valence-electron chi connectivity index (χ1n) is 11.9. The molecule has 0 saturated heterocycles. The minimum absolute atomic E-state index is 0.187. The van der Waals surface area contributed by atoms with Crippen LogP contribution in [-0.2, 0) is 10.0 Å². The molecule has 4 rings (SSSR count). The van der Waals surface area contributed by atoms with Crippen molar-refractivity contribution in [3.8, 4) is 22.4 Å². The molecule has 0 atom stereocenters. The number of sulfonamides is 1. The molecular weight excluding hydrogens is 490 g/mol. The number of carbonyl (C=O) groups excluding carboxylic acids is 1. The second-order valence-corrected chi connectivity index (χ2v) is 11.1. The van der Waals surface area contributed by atoms with Crippen molar-refractivity contribution in [3.63, 3.8) is 0 Å². The Kier molecular flexibility index (Phi) is 8.30. The van der Waals surface area contributed by atoms with Crippen LogP contribution in [0.5, 0.6) is 0 Å². The van der Waals surface area contributed by atoms with E-state index in [1.54, 1.807) is 0 Å². The number of hydrogen-bond acceptors (Lipinski definition) is 5. The van der Waals surface area contributed by atoms with Crippen LogP contribution in [0.1, 0.15) is 37.0 Å². The molecule has 0 aliphatic heterocycles. The molecule has 0 fully saturated rings. The summed E-state index contributed by atoms with van der Waals surface area (Å²) in [5, 5.41) is 5.20. The van der Waals surface area contributed by atoms with Crippen LogP contribution < -0.4 is 5.32 Å². The molecule has 3 aromatic carbocycles. The van der Waals surface area contributed by atoms with Gasteiger partial charge in [0.1, 0.15) is 0 Å². The molecule has 0 unspecified atom stereocenters. The van der Waals surface area contributed by atoms with E-state index in [-0.39, 0.29) is 10.8 Å². The fraction of sp³-hybridized carbons (Fsp3) is 0.214. The smallest absolute Gasteiger partial charge is 0.257 e. The van der Waals surface area contributed by atoms with Gasteiger partial charge in [0, 0.05) is 29.6 Å². The second-order valence-electron chi connectivity index (χ2n) is 8.31. The number of rotatable bonds is 10. The van der Waals surface area contributed by atoms with Gasteiger partial charge in [-0.15, -0.1) is 11.3 Å². The number of nitrogens with one attached hydrogen (secondary N) is 1. The van der Waals surface area contributed by atoms with Gasteiger partial charge in [-0.3, -0.25) is 10.1 Å². The van der Waals surface area contributed by atoms with Gasteiger partial charge < -0.3 is 0 Å². The van der Waals surface area contributed by atoms with E-state index in [1.165, 1.54) is 39.9 Å². The Hall–Kier alpha value is -3.33. The van der Waals surface area contributed by atoms with Crippen molar-refractivity contribution in [2.75, 3.05) is 18.4 Å². The Balaban J connectivity index is 1.42. The van der Waals surface area contributed by atoms with Crippen LogP contribution in [0.25, 0.3) is 22.4 Å². The first kappa shape index (κ1) is 25.8. The number of amides is 1. The Bertz CT molecular complexity index is 1400. The van der Waals surface area contributed by atoms with Gasteiger partial charge in [0.2, 0.25) is 10.0 Å². The molecule has 0 radical (unpaired) electrons. The number of hydrogen-bond donors (Lipinski definition) is 1. The summed E-state index contributed by atoms with van der Waals surface area (Å²) in [6, 6.07) is 24.3. The normalized spacial score (nSPS) is 11.5. The molecular formula is C28H29N3O3S2. The molecule has 1 heterocycles. The van der Waals surface area contributed by atoms with Gasteiger partial charge in [-0.1, -0.05) is 74.9 Å². The highest BCUT2D eigenvalue weighted by atomic mass is 32.2. The van der Waals surface area contributed by atoms with Crippen LogP contribution in [-0.4, -0.2) is 36.7 Å². The van der Waals surface area contributed by atoms with Crippen molar-refractivity contribution in [1.29, 1.82) is 0 Å². The van der Waals surface area contributed by atoms with E-state index in [9.17, 15) is 13.2 Å². The standard InChI is InChI=1S/C28H29N3O3S2/c1-3-5-19-31(4-2)36(33,34)25-17-15-24(16-18-25)27(32)30-28-29-26(20-35-28)23-13-11-22(12-14-23)21-9-7-6-8-10-21/h6-18,20H,3-5,19H2,1-2H3,(H,29,30,32). The molecule has 0 aliphatic rings. The van der Waals surface area contributed by atoms with E-state index in [4.69, 9.17) is 0 Å². The van der Waals surface area contributed by atoms with Gasteiger partial charge in [-0.05, 0) is 41.8 Å². The number of benzene rings is 3. The third-order valence-corrected chi connectivity index (χ3v) is 8.63. The van der Waals surface area contributed by atoms with Crippen LogP contribution in [0, 0.1) is 0 Å². The van der Waals surface area contributed by atoms with Gasteiger partial charge in [0.05, 0.1) is 10.6 Å². The second kappa shape index (κ2) is 11.6. The molecule has 1 N–H and O–H groups in total. The summed E-state index contributed by atoms with van der Waals surface area (Å²) in [5.41, 5.74) is 4.39. The van der Waals surface area contributed by atoms with Crippen LogP contribution in [0.15, 0.2) is 89.1 Å². The SMILES string of the molecule is CCCCN(CC)S(=O)(=O)c1ccc(C(=O)Nc2nc(-c3ccc(-c4ccccc4)cc3)cs2)cc1. The van der Waals surface area contributed by atoms with Gasteiger partial charge >= 0.3 is 0 Å². The Labute approximate surface area is 216 Å². The summed E-state index contributed by atoms with van der Waals surface area (Å²) in [6.07, 6.45) is 1.73. The Morgan fingerprint density at radius 1 is 0.889 bits per heavy atom. The van der Waals surface area contributed by atoms with Crippen LogP contribution >= 0.6 is 11.3 Å². The number of thiazole rings is 1. The maximum Gasteiger partial charge on any atom is 0.257 e. The minimum Gasteiger partial charge on any atom is -0.298 e. The summed E-state index contributed by atoms with van der Waals surface area (Å²) >= 11 is 1.34. The zero-order chi connectivity index (χ0) is 25.5. The molecule has 186 valence electrons. The Morgan fingerprint density at radius 2 is 1.53 bits per heavy atom. The minimum atomic E-state index is -3.58. The molecule has 36 heavy (non-hydrogen) atoms. The van der Waals surface area contributed by atoms with Gasteiger partial charge in [0.15, 0.2) is 5.13 Å². The monoisotopic (exact) mass is 519 g/mol. The average molecular weight is 520 g/mol. The zero-order valence-corrected chi connectivity index (χ0v) is 22.0. The van der Waals surface area contributed by atoms with Gasteiger partial charge in [-0.2, -0.15) is 4.31 Å². The highest BCUT2D eigenvalue weighted by molar-refractivity contribution is 7.89. The van der Waals surface area contributed by atoms with Crippen molar-refractivity contribution in [2.45, 2.75) is 31.6 Å². The fourth-order valence-electron chi connectivity index (χ4n) is 3.81. The van der Waals surface area contributed by atoms with Crippen LogP contribution in [0.3, 0.4) is 0 Å². The number of unbranched alkanes of at least 4 members (excludes halogenated alkanes) is 1. The first-order valence-corrected chi connectivity index (χ1v) is 14.3. The molecule has 0 bridgehead atoms. The Morgan fingerprint density at radius 3 is 2.17 bits per heavy atom. The molecule has 1 amide bonds. The zero-order valence-electron chi connectivity index (χ0n) is 20.3. The summed E-state index contributed by atoms with van der Waals surface area (Å²) in [6.45, 7) is 4.75. The van der Waals surface area contributed by atoms with Gasteiger partial charge in [-0.25, -0.2) is 13.4 Å². The predicted octanol–water partition coefficient (Wildman–Crippen LogP) is 6.54. The molecule has 0 saturated carbocycles. The molecule has 0 aliphatic carbocycles. The summed E-state index contributed by atoms with van der Waals surface area (Å²) < 4.78 is 27.3. The van der Waals surface area contributed by atoms with E-state index in [0.29, 0.717) is 23.8 Å². The van der Waals surface area contributed by atoms with E-state index in [2.05, 4.69) is 34.6 Å². The van der Waals surface area contributed by atoms with Crippen molar-refractivity contribution in [2.24, 2.45) is 0 Å². The van der Waals surface area contributed by atoms with Crippen molar-refractivity contribution < 1.29 is 13.2 Å². The van der Waals surface area contributed by atoms with Crippen LogP contribution in [0.4, 0.5) is 5.13 Å². The van der Waals surface area contributed by atoms with E-state index >= 15 is 0 Å². The van der Waals surface area contributed by atoms with E-state index in [0.717, 1.165) is 35.2 Å². The lowest BCUT2D eigenvalue weighted by Crippen LogP contribution is -2.31. The van der Waals surface area contributed by atoms with Crippen LogP contribution in [0.2, 0.25) is 0 Å². The fourth-order valence-corrected chi connectivity index (χ4v) is 6.01. The lowest BCUT2D eigenvalue weighted by atomic mass is 10.0. The summed E-state index contributed by atoms with van der Waals surface area (Å²) in [7, 11) is -3.58. The maximum absolute atomic E-state index is 12.9. The summed E-state index contributed by atoms with van der Waals surface area (Å²) in [5.74, 6) is -0.336. The molecule has 0 spiro atoms. The summed E-state index contributed by atoms with van der Waals surface area (Å²) in [4.78, 5) is 17.5. The largest absolute Gasteiger partial charge is 0.298 e. The number of carbonyl (C=O) groups is 1.